The molecule has 0 aliphatic rings. The number of rotatable bonds is 0. The van der Waals surface area contributed by atoms with Crippen LogP contribution in [0.1, 0.15) is 25.2 Å². The third-order valence-electron chi connectivity index (χ3n) is 1.06. The first-order valence-corrected chi connectivity index (χ1v) is 3.73. The van der Waals surface area contributed by atoms with Gasteiger partial charge in [-0.25, -0.2) is 9.97 Å². The molecule has 1 aromatic rings. The number of nitrogen functional groups attached to an aromatic ring is 1. The van der Waals surface area contributed by atoms with E-state index in [4.69, 9.17) is 11.0 Å². The summed E-state index contributed by atoms with van der Waals surface area (Å²) in [6.45, 7) is 5.72. The summed E-state index contributed by atoms with van der Waals surface area (Å²) in [6, 6.07) is 1.87. The molecule has 0 aromatic carbocycles. The monoisotopic (exact) mass is 164 g/mol. The molecule has 0 amide bonds. The predicted molar refractivity (Wildman–Crippen MR) is 47.2 cm³/mol. The SMILES string of the molecule is CC.Cc1ncc(C#N)c(N)n1. The lowest BCUT2D eigenvalue weighted by Gasteiger charge is -1.94. The zero-order valence-electron chi connectivity index (χ0n) is 7.50. The second-order valence-corrected chi connectivity index (χ2v) is 1.83. The van der Waals surface area contributed by atoms with E-state index in [1.165, 1.54) is 6.20 Å². The molecule has 0 aliphatic heterocycles. The van der Waals surface area contributed by atoms with Gasteiger partial charge in [-0.15, -0.1) is 0 Å². The van der Waals surface area contributed by atoms with Crippen molar-refractivity contribution in [2.45, 2.75) is 20.8 Å². The molecule has 12 heavy (non-hydrogen) atoms. The first-order chi connectivity index (χ1) is 5.74. The summed E-state index contributed by atoms with van der Waals surface area (Å²) in [7, 11) is 0. The molecule has 4 heteroatoms. The Labute approximate surface area is 72.1 Å². The maximum absolute atomic E-state index is 8.40. The van der Waals surface area contributed by atoms with Gasteiger partial charge in [-0.05, 0) is 6.92 Å². The number of nitrogens with zero attached hydrogens (tertiary/aromatic N) is 3. The van der Waals surface area contributed by atoms with Gasteiger partial charge in [0, 0.05) is 0 Å². The molecule has 0 spiro atoms. The molecule has 64 valence electrons. The molecule has 0 bridgehead atoms. The number of aryl methyl sites for hydroxylation is 1. The van der Waals surface area contributed by atoms with Gasteiger partial charge in [-0.3, -0.25) is 0 Å². The smallest absolute Gasteiger partial charge is 0.145 e. The molecule has 0 fully saturated rings. The van der Waals surface area contributed by atoms with Crippen molar-refractivity contribution in [2.75, 3.05) is 5.73 Å². The highest BCUT2D eigenvalue weighted by Gasteiger charge is 1.97. The Balaban J connectivity index is 0.000000561. The molecular formula is C8H12N4. The molecule has 0 saturated carbocycles. The van der Waals surface area contributed by atoms with Crippen molar-refractivity contribution in [3.8, 4) is 6.07 Å². The lowest BCUT2D eigenvalue weighted by atomic mass is 10.3. The van der Waals surface area contributed by atoms with Crippen LogP contribution in [0.25, 0.3) is 0 Å². The summed E-state index contributed by atoms with van der Waals surface area (Å²) in [6.07, 6.45) is 1.41. The average Bonchev–Trinajstić information content (AvgIpc) is 2.08. The van der Waals surface area contributed by atoms with E-state index in [1.54, 1.807) is 6.92 Å². The summed E-state index contributed by atoms with van der Waals surface area (Å²) < 4.78 is 0. The van der Waals surface area contributed by atoms with E-state index < -0.39 is 0 Å². The van der Waals surface area contributed by atoms with Gasteiger partial charge in [-0.1, -0.05) is 13.8 Å². The van der Waals surface area contributed by atoms with Crippen LogP contribution in [0.15, 0.2) is 6.20 Å². The van der Waals surface area contributed by atoms with Gasteiger partial charge < -0.3 is 5.73 Å². The summed E-state index contributed by atoms with van der Waals surface area (Å²) >= 11 is 0. The highest BCUT2D eigenvalue weighted by Crippen LogP contribution is 2.03. The second-order valence-electron chi connectivity index (χ2n) is 1.83. The fourth-order valence-corrected chi connectivity index (χ4v) is 0.574. The first-order valence-electron chi connectivity index (χ1n) is 3.73. The van der Waals surface area contributed by atoms with Crippen LogP contribution in [0, 0.1) is 18.3 Å². The molecule has 0 atom stereocenters. The van der Waals surface area contributed by atoms with Crippen molar-refractivity contribution in [2.24, 2.45) is 0 Å². The normalized spacial score (nSPS) is 7.83. The van der Waals surface area contributed by atoms with Crippen molar-refractivity contribution < 1.29 is 0 Å². The molecular weight excluding hydrogens is 152 g/mol. The van der Waals surface area contributed by atoms with Crippen molar-refractivity contribution in [3.63, 3.8) is 0 Å². The van der Waals surface area contributed by atoms with Gasteiger partial charge in [-0.2, -0.15) is 5.26 Å². The summed E-state index contributed by atoms with van der Waals surface area (Å²) in [5, 5.41) is 8.40. The topological polar surface area (TPSA) is 75.6 Å². The number of nitriles is 1. The van der Waals surface area contributed by atoms with E-state index in [0.717, 1.165) is 0 Å². The molecule has 1 heterocycles. The van der Waals surface area contributed by atoms with Crippen molar-refractivity contribution >= 4 is 5.82 Å². The third-order valence-corrected chi connectivity index (χ3v) is 1.06. The third kappa shape index (κ3) is 2.54. The molecule has 2 N–H and O–H groups in total. The minimum atomic E-state index is 0.245. The van der Waals surface area contributed by atoms with Crippen LogP contribution >= 0.6 is 0 Å². The largest absolute Gasteiger partial charge is 0.382 e. The summed E-state index contributed by atoms with van der Waals surface area (Å²) in [5.41, 5.74) is 5.68. The Morgan fingerprint density at radius 1 is 1.50 bits per heavy atom. The van der Waals surface area contributed by atoms with Crippen LogP contribution in [0.3, 0.4) is 0 Å². The van der Waals surface area contributed by atoms with Crippen LogP contribution in [0.4, 0.5) is 5.82 Å². The van der Waals surface area contributed by atoms with Gasteiger partial charge in [0.05, 0.1) is 6.20 Å². The van der Waals surface area contributed by atoms with Gasteiger partial charge in [0.15, 0.2) is 0 Å². The van der Waals surface area contributed by atoms with Crippen molar-refractivity contribution in [3.05, 3.63) is 17.6 Å². The highest BCUT2D eigenvalue weighted by molar-refractivity contribution is 5.46. The van der Waals surface area contributed by atoms with Crippen LogP contribution in [0.5, 0.6) is 0 Å². The molecule has 0 unspecified atom stereocenters. The van der Waals surface area contributed by atoms with Crippen molar-refractivity contribution in [1.82, 2.24) is 9.97 Å². The average molecular weight is 164 g/mol. The van der Waals surface area contributed by atoms with E-state index >= 15 is 0 Å². The van der Waals surface area contributed by atoms with Crippen LogP contribution in [-0.4, -0.2) is 9.97 Å². The second kappa shape index (κ2) is 5.08. The Bertz CT molecular complexity index is 288. The molecule has 1 rings (SSSR count). The summed E-state index contributed by atoms with van der Waals surface area (Å²) in [4.78, 5) is 7.59. The van der Waals surface area contributed by atoms with E-state index in [0.29, 0.717) is 11.4 Å². The number of hydrogen-bond acceptors (Lipinski definition) is 4. The lowest BCUT2D eigenvalue weighted by molar-refractivity contribution is 1.05. The van der Waals surface area contributed by atoms with Crippen molar-refractivity contribution in [1.29, 1.82) is 5.26 Å². The number of nitrogens with two attached hydrogens (primary N) is 1. The zero-order chi connectivity index (χ0) is 9.56. The summed E-state index contributed by atoms with van der Waals surface area (Å²) in [5.74, 6) is 0.825. The molecule has 0 aliphatic carbocycles. The fourth-order valence-electron chi connectivity index (χ4n) is 0.574. The van der Waals surface area contributed by atoms with Gasteiger partial charge >= 0.3 is 0 Å². The molecule has 0 saturated heterocycles. The van der Waals surface area contributed by atoms with Crippen LogP contribution in [-0.2, 0) is 0 Å². The van der Waals surface area contributed by atoms with Crippen LogP contribution in [0.2, 0.25) is 0 Å². The maximum Gasteiger partial charge on any atom is 0.145 e. The van der Waals surface area contributed by atoms with E-state index in [2.05, 4.69) is 9.97 Å². The highest BCUT2D eigenvalue weighted by atomic mass is 14.9. The Hall–Kier alpha value is -1.63. The number of hydrogen-bond donors (Lipinski definition) is 1. The minimum absolute atomic E-state index is 0.245. The minimum Gasteiger partial charge on any atom is -0.382 e. The van der Waals surface area contributed by atoms with Gasteiger partial charge in [0.25, 0.3) is 0 Å². The lowest BCUT2D eigenvalue weighted by Crippen LogP contribution is -1.97. The van der Waals surface area contributed by atoms with E-state index in [-0.39, 0.29) is 5.82 Å². The Kier molecular flexibility index (Phi) is 4.39. The zero-order valence-corrected chi connectivity index (χ0v) is 7.50. The van der Waals surface area contributed by atoms with Gasteiger partial charge in [0.2, 0.25) is 0 Å². The Morgan fingerprint density at radius 3 is 2.50 bits per heavy atom. The Morgan fingerprint density at radius 2 is 2.08 bits per heavy atom. The molecule has 4 nitrogen and oxygen atoms in total. The van der Waals surface area contributed by atoms with Crippen LogP contribution < -0.4 is 5.73 Å². The van der Waals surface area contributed by atoms with E-state index in [1.807, 2.05) is 19.9 Å². The predicted octanol–water partition coefficient (Wildman–Crippen LogP) is 1.27. The quantitative estimate of drug-likeness (QED) is 0.626. The van der Waals surface area contributed by atoms with Gasteiger partial charge in [0.1, 0.15) is 23.3 Å². The number of anilines is 1. The molecule has 0 radical (unpaired) electrons. The molecule has 1 aromatic heterocycles. The number of aromatic nitrogens is 2. The van der Waals surface area contributed by atoms with E-state index in [9.17, 15) is 0 Å². The maximum atomic E-state index is 8.40. The first kappa shape index (κ1) is 10.4. The standard InChI is InChI=1S/C6H6N4.C2H6/c1-4-9-3-5(2-7)6(8)10-4;1-2/h3H,1H3,(H2,8,9,10);1-2H3. The fraction of sp³-hybridized carbons (Fsp3) is 0.375.